The van der Waals surface area contributed by atoms with Gasteiger partial charge in [0.25, 0.3) is 0 Å². The Morgan fingerprint density at radius 1 is 1.23 bits per heavy atom. The van der Waals surface area contributed by atoms with E-state index in [1.165, 1.54) is 0 Å². The molecular formula is C9H17FO2S. The number of sulfone groups is 1. The molecule has 0 heterocycles. The number of alkyl halides is 1. The highest BCUT2D eigenvalue weighted by Gasteiger charge is 2.43. The van der Waals surface area contributed by atoms with Gasteiger partial charge in [-0.15, -0.1) is 0 Å². The molecule has 0 aliphatic heterocycles. The second-order valence-corrected chi connectivity index (χ2v) is 6.45. The van der Waals surface area contributed by atoms with Crippen LogP contribution in [0.15, 0.2) is 0 Å². The summed E-state index contributed by atoms with van der Waals surface area (Å²) in [5, 5.41) is 0. The maximum absolute atomic E-state index is 12.8. The van der Waals surface area contributed by atoms with Gasteiger partial charge < -0.3 is 0 Å². The van der Waals surface area contributed by atoms with Crippen LogP contribution in [0.3, 0.4) is 0 Å². The van der Waals surface area contributed by atoms with Crippen LogP contribution in [0.2, 0.25) is 0 Å². The lowest BCUT2D eigenvalue weighted by atomic mass is 9.89. The van der Waals surface area contributed by atoms with E-state index in [-0.39, 0.29) is 5.75 Å². The highest BCUT2D eigenvalue weighted by atomic mass is 32.2. The highest BCUT2D eigenvalue weighted by molar-refractivity contribution is 7.92. The van der Waals surface area contributed by atoms with E-state index in [1.54, 1.807) is 6.92 Å². The van der Waals surface area contributed by atoms with Crippen LogP contribution in [0.1, 0.15) is 39.0 Å². The molecule has 0 saturated heterocycles. The Labute approximate surface area is 79.4 Å². The van der Waals surface area contributed by atoms with Crippen LogP contribution in [-0.4, -0.2) is 25.6 Å². The van der Waals surface area contributed by atoms with Crippen molar-refractivity contribution >= 4 is 9.84 Å². The van der Waals surface area contributed by atoms with Crippen molar-refractivity contribution in [1.29, 1.82) is 0 Å². The van der Waals surface area contributed by atoms with Gasteiger partial charge >= 0.3 is 0 Å². The summed E-state index contributed by atoms with van der Waals surface area (Å²) in [5.74, 6) is 0.0664. The van der Waals surface area contributed by atoms with Gasteiger partial charge in [-0.3, -0.25) is 0 Å². The second kappa shape index (κ2) is 3.95. The standard InChI is InChI=1S/C9H17FO2S/c1-2-13(11,12)9(8-10)6-4-3-5-7-9/h2-8H2,1H3. The average Bonchev–Trinajstić information content (AvgIpc) is 2.18. The summed E-state index contributed by atoms with van der Waals surface area (Å²) >= 11 is 0. The van der Waals surface area contributed by atoms with Crippen LogP contribution >= 0.6 is 0 Å². The highest BCUT2D eigenvalue weighted by Crippen LogP contribution is 2.36. The topological polar surface area (TPSA) is 34.1 Å². The van der Waals surface area contributed by atoms with E-state index >= 15 is 0 Å². The monoisotopic (exact) mass is 208 g/mol. The molecule has 1 rings (SSSR count). The molecule has 1 fully saturated rings. The van der Waals surface area contributed by atoms with Crippen molar-refractivity contribution in [2.45, 2.75) is 43.8 Å². The second-order valence-electron chi connectivity index (χ2n) is 3.78. The number of halogens is 1. The van der Waals surface area contributed by atoms with Crippen molar-refractivity contribution in [2.24, 2.45) is 0 Å². The van der Waals surface area contributed by atoms with Gasteiger partial charge in [-0.25, -0.2) is 12.8 Å². The van der Waals surface area contributed by atoms with Gasteiger partial charge in [-0.1, -0.05) is 26.2 Å². The zero-order chi connectivity index (χ0) is 9.95. The van der Waals surface area contributed by atoms with Crippen molar-refractivity contribution in [2.75, 3.05) is 12.4 Å². The normalized spacial score (nSPS) is 22.9. The lowest BCUT2D eigenvalue weighted by Crippen LogP contribution is -2.43. The lowest BCUT2D eigenvalue weighted by molar-refractivity contribution is 0.298. The SMILES string of the molecule is CCS(=O)(=O)C1(CF)CCCCC1. The van der Waals surface area contributed by atoms with E-state index in [4.69, 9.17) is 0 Å². The number of hydrogen-bond acceptors (Lipinski definition) is 2. The van der Waals surface area contributed by atoms with E-state index in [0.29, 0.717) is 12.8 Å². The Morgan fingerprint density at radius 3 is 2.15 bits per heavy atom. The third-order valence-corrected chi connectivity index (χ3v) is 5.65. The maximum Gasteiger partial charge on any atom is 0.158 e. The number of hydrogen-bond donors (Lipinski definition) is 0. The minimum absolute atomic E-state index is 0.0664. The first-order valence-corrected chi connectivity index (χ1v) is 6.51. The van der Waals surface area contributed by atoms with Gasteiger partial charge in [0.1, 0.15) is 11.4 Å². The van der Waals surface area contributed by atoms with Gasteiger partial charge in [0, 0.05) is 5.75 Å². The van der Waals surface area contributed by atoms with E-state index in [9.17, 15) is 12.8 Å². The molecule has 0 atom stereocenters. The molecule has 1 aliphatic rings. The average molecular weight is 208 g/mol. The fraction of sp³-hybridized carbons (Fsp3) is 1.00. The van der Waals surface area contributed by atoms with Crippen molar-refractivity contribution in [1.82, 2.24) is 0 Å². The molecule has 13 heavy (non-hydrogen) atoms. The molecule has 1 aliphatic carbocycles. The Kier molecular flexibility index (Phi) is 3.33. The van der Waals surface area contributed by atoms with E-state index in [2.05, 4.69) is 0 Å². The van der Waals surface area contributed by atoms with Gasteiger partial charge in [-0.05, 0) is 12.8 Å². The third-order valence-electron chi connectivity index (χ3n) is 3.05. The summed E-state index contributed by atoms with van der Waals surface area (Å²) < 4.78 is 35.1. The molecule has 0 aromatic carbocycles. The number of rotatable bonds is 3. The fourth-order valence-corrected chi connectivity index (χ4v) is 3.72. The van der Waals surface area contributed by atoms with E-state index in [1.807, 2.05) is 0 Å². The molecule has 1 saturated carbocycles. The third kappa shape index (κ3) is 1.87. The van der Waals surface area contributed by atoms with Gasteiger partial charge in [0.2, 0.25) is 0 Å². The molecule has 0 N–H and O–H groups in total. The molecule has 0 radical (unpaired) electrons. The summed E-state index contributed by atoms with van der Waals surface area (Å²) in [4.78, 5) is 0. The van der Waals surface area contributed by atoms with Crippen molar-refractivity contribution in [3.05, 3.63) is 0 Å². The Balaban J connectivity index is 2.91. The lowest BCUT2D eigenvalue weighted by Gasteiger charge is -2.33. The first-order valence-electron chi connectivity index (χ1n) is 4.86. The Bertz CT molecular complexity index is 253. The molecule has 78 valence electrons. The molecule has 0 unspecified atom stereocenters. The predicted molar refractivity (Wildman–Crippen MR) is 51.3 cm³/mol. The van der Waals surface area contributed by atoms with E-state index in [0.717, 1.165) is 19.3 Å². The first-order chi connectivity index (χ1) is 6.08. The van der Waals surface area contributed by atoms with Crippen LogP contribution in [0.5, 0.6) is 0 Å². The Morgan fingerprint density at radius 2 is 1.77 bits per heavy atom. The van der Waals surface area contributed by atoms with Crippen LogP contribution in [0, 0.1) is 0 Å². The maximum atomic E-state index is 12.8. The zero-order valence-corrected chi connectivity index (χ0v) is 8.87. The quantitative estimate of drug-likeness (QED) is 0.711. The molecule has 0 amide bonds. The van der Waals surface area contributed by atoms with Crippen LogP contribution in [0.4, 0.5) is 4.39 Å². The molecule has 0 bridgehead atoms. The summed E-state index contributed by atoms with van der Waals surface area (Å²) in [6.07, 6.45) is 3.77. The molecular weight excluding hydrogens is 191 g/mol. The molecule has 2 nitrogen and oxygen atoms in total. The summed E-state index contributed by atoms with van der Waals surface area (Å²) in [6.45, 7) is 0.893. The van der Waals surface area contributed by atoms with Crippen molar-refractivity contribution in [3.63, 3.8) is 0 Å². The molecule has 4 heteroatoms. The minimum atomic E-state index is -3.21. The smallest absolute Gasteiger partial charge is 0.158 e. The van der Waals surface area contributed by atoms with Crippen LogP contribution in [-0.2, 0) is 9.84 Å². The predicted octanol–water partition coefficient (Wildman–Crippen LogP) is 2.09. The molecule has 0 aromatic rings. The summed E-state index contributed by atoms with van der Waals surface area (Å²) in [6, 6.07) is 0. The fourth-order valence-electron chi connectivity index (χ4n) is 2.03. The largest absolute Gasteiger partial charge is 0.249 e. The summed E-state index contributed by atoms with van der Waals surface area (Å²) in [5.41, 5.74) is 0. The van der Waals surface area contributed by atoms with Gasteiger partial charge in [0.05, 0.1) is 0 Å². The van der Waals surface area contributed by atoms with Gasteiger partial charge in [0.15, 0.2) is 9.84 Å². The van der Waals surface area contributed by atoms with E-state index < -0.39 is 21.3 Å². The Hall–Kier alpha value is -0.120. The molecule has 0 spiro atoms. The minimum Gasteiger partial charge on any atom is -0.249 e. The summed E-state index contributed by atoms with van der Waals surface area (Å²) in [7, 11) is -3.21. The first kappa shape index (κ1) is 11.0. The molecule has 0 aromatic heterocycles. The zero-order valence-electron chi connectivity index (χ0n) is 8.05. The van der Waals surface area contributed by atoms with Crippen molar-refractivity contribution in [3.8, 4) is 0 Å². The van der Waals surface area contributed by atoms with Crippen molar-refractivity contribution < 1.29 is 12.8 Å². The van der Waals surface area contributed by atoms with Crippen LogP contribution < -0.4 is 0 Å². The van der Waals surface area contributed by atoms with Gasteiger partial charge in [-0.2, -0.15) is 0 Å². The van der Waals surface area contributed by atoms with Crippen LogP contribution in [0.25, 0.3) is 0 Å².